The minimum atomic E-state index is -0.0125. The Kier molecular flexibility index (Phi) is 5.96. The van der Waals surface area contributed by atoms with Crippen LogP contribution in [-0.2, 0) is 4.79 Å². The Morgan fingerprint density at radius 3 is 2.29 bits per heavy atom. The topological polar surface area (TPSA) is 55.1 Å². The van der Waals surface area contributed by atoms with Crippen LogP contribution in [0.4, 0.5) is 0 Å². The maximum Gasteiger partial charge on any atom is 0.146 e. The molecule has 3 N–H and O–H groups in total. The normalized spacial score (nSPS) is 14.1. The highest BCUT2D eigenvalue weighted by molar-refractivity contribution is 5.81. The quantitative estimate of drug-likeness (QED) is 0.638. The summed E-state index contributed by atoms with van der Waals surface area (Å²) in [5.74, 6) is 0.219. The lowest BCUT2D eigenvalue weighted by Crippen LogP contribution is -2.47. The Morgan fingerprint density at radius 2 is 1.93 bits per heavy atom. The Balaban J connectivity index is 3.97. The van der Waals surface area contributed by atoms with E-state index in [1.54, 1.807) is 6.92 Å². The van der Waals surface area contributed by atoms with Crippen molar-refractivity contribution in [2.24, 2.45) is 5.73 Å². The lowest BCUT2D eigenvalue weighted by molar-refractivity contribution is -0.119. The first-order valence-electron chi connectivity index (χ1n) is 5.35. The molecular formula is C11H24N2O. The molecule has 0 bridgehead atoms. The first-order valence-corrected chi connectivity index (χ1v) is 5.35. The fraction of sp³-hybridized carbons (Fsp3) is 0.909. The minimum absolute atomic E-state index is 0.000941. The number of hydrogen-bond donors (Lipinski definition) is 2. The molecule has 0 rings (SSSR count). The molecule has 0 fully saturated rings. The number of Topliss-reactive ketones (excluding diaryl/α,β-unsaturated/α-hetero) is 1. The molecule has 84 valence electrons. The van der Waals surface area contributed by atoms with Crippen LogP contribution < -0.4 is 11.1 Å². The number of ketones is 1. The highest BCUT2D eigenvalue weighted by Crippen LogP contribution is 2.07. The van der Waals surface area contributed by atoms with Gasteiger partial charge in [-0.1, -0.05) is 6.42 Å². The van der Waals surface area contributed by atoms with Crippen LogP contribution in [0, 0.1) is 0 Å². The van der Waals surface area contributed by atoms with Gasteiger partial charge in [-0.05, 0) is 47.1 Å². The van der Waals surface area contributed by atoms with Crippen molar-refractivity contribution in [1.29, 1.82) is 0 Å². The second-order valence-corrected chi connectivity index (χ2v) is 4.84. The van der Waals surface area contributed by atoms with Crippen LogP contribution in [0.15, 0.2) is 0 Å². The van der Waals surface area contributed by atoms with Crippen molar-refractivity contribution >= 4 is 5.78 Å². The van der Waals surface area contributed by atoms with Crippen molar-refractivity contribution in [3.8, 4) is 0 Å². The number of nitrogens with two attached hydrogens (primary N) is 1. The summed E-state index contributed by atoms with van der Waals surface area (Å²) >= 11 is 0. The summed E-state index contributed by atoms with van der Waals surface area (Å²) in [6.45, 7) is 8.58. The zero-order valence-corrected chi connectivity index (χ0v) is 9.89. The monoisotopic (exact) mass is 200 g/mol. The molecule has 0 spiro atoms. The number of unbranched alkanes of at least 4 members (excludes halogenated alkanes) is 1. The molecule has 0 aromatic rings. The van der Waals surface area contributed by atoms with Gasteiger partial charge in [-0.15, -0.1) is 0 Å². The van der Waals surface area contributed by atoms with Crippen molar-refractivity contribution < 1.29 is 4.79 Å². The minimum Gasteiger partial charge on any atom is -0.330 e. The lowest BCUT2D eigenvalue weighted by Gasteiger charge is -2.27. The van der Waals surface area contributed by atoms with E-state index in [1.165, 1.54) is 0 Å². The Morgan fingerprint density at radius 1 is 1.36 bits per heavy atom. The zero-order valence-electron chi connectivity index (χ0n) is 9.89. The van der Waals surface area contributed by atoms with Crippen LogP contribution in [0.25, 0.3) is 0 Å². The smallest absolute Gasteiger partial charge is 0.146 e. The summed E-state index contributed by atoms with van der Waals surface area (Å²) in [7, 11) is 0. The van der Waals surface area contributed by atoms with Crippen molar-refractivity contribution in [3.05, 3.63) is 0 Å². The van der Waals surface area contributed by atoms with Gasteiger partial charge in [0.05, 0.1) is 6.04 Å². The number of rotatable bonds is 6. The molecule has 3 nitrogen and oxygen atoms in total. The van der Waals surface area contributed by atoms with Gasteiger partial charge < -0.3 is 11.1 Å². The van der Waals surface area contributed by atoms with E-state index in [-0.39, 0.29) is 17.4 Å². The fourth-order valence-electron chi connectivity index (χ4n) is 1.39. The fourth-order valence-corrected chi connectivity index (χ4v) is 1.39. The Hall–Kier alpha value is -0.410. The van der Waals surface area contributed by atoms with E-state index in [0.717, 1.165) is 19.3 Å². The number of hydrogen-bond acceptors (Lipinski definition) is 3. The molecule has 0 aliphatic carbocycles. The Bertz CT molecular complexity index is 173. The molecule has 3 heteroatoms. The van der Waals surface area contributed by atoms with E-state index in [9.17, 15) is 4.79 Å². The Labute approximate surface area is 87.4 Å². The van der Waals surface area contributed by atoms with Crippen molar-refractivity contribution in [2.75, 3.05) is 6.54 Å². The summed E-state index contributed by atoms with van der Waals surface area (Å²) in [6.07, 6.45) is 2.91. The van der Waals surface area contributed by atoms with Crippen LogP contribution in [-0.4, -0.2) is 23.9 Å². The number of carbonyl (C=O) groups is 1. The largest absolute Gasteiger partial charge is 0.330 e. The van der Waals surface area contributed by atoms with Crippen molar-refractivity contribution in [3.63, 3.8) is 0 Å². The SMILES string of the molecule is CC(=O)[C@H](CCCCN)NC(C)(C)C. The third kappa shape index (κ3) is 7.04. The standard InChI is InChI=1S/C11H24N2O/c1-9(14)10(7-5-6-8-12)13-11(2,3)4/h10,13H,5-8,12H2,1-4H3/t10-/m0/s1. The molecule has 0 unspecified atom stereocenters. The molecule has 0 saturated heterocycles. The summed E-state index contributed by atoms with van der Waals surface area (Å²) in [4.78, 5) is 11.3. The molecule has 0 aliphatic rings. The van der Waals surface area contributed by atoms with Crippen LogP contribution in [0.5, 0.6) is 0 Å². The predicted octanol–water partition coefficient (Wildman–Crippen LogP) is 1.46. The zero-order chi connectivity index (χ0) is 11.2. The highest BCUT2D eigenvalue weighted by atomic mass is 16.1. The average Bonchev–Trinajstić information content (AvgIpc) is 2.00. The van der Waals surface area contributed by atoms with Gasteiger partial charge >= 0.3 is 0 Å². The van der Waals surface area contributed by atoms with Crippen LogP contribution >= 0.6 is 0 Å². The van der Waals surface area contributed by atoms with E-state index in [4.69, 9.17) is 5.73 Å². The van der Waals surface area contributed by atoms with Crippen LogP contribution in [0.2, 0.25) is 0 Å². The third-order valence-electron chi connectivity index (χ3n) is 2.04. The van der Waals surface area contributed by atoms with Gasteiger partial charge in [0.15, 0.2) is 0 Å². The first-order chi connectivity index (χ1) is 6.37. The lowest BCUT2D eigenvalue weighted by atomic mass is 10.0. The van der Waals surface area contributed by atoms with Gasteiger partial charge in [0.1, 0.15) is 5.78 Å². The molecule has 0 radical (unpaired) electrons. The van der Waals surface area contributed by atoms with Gasteiger partial charge in [0, 0.05) is 5.54 Å². The molecule has 0 aliphatic heterocycles. The van der Waals surface area contributed by atoms with Gasteiger partial charge in [0.25, 0.3) is 0 Å². The van der Waals surface area contributed by atoms with Gasteiger partial charge in [-0.2, -0.15) is 0 Å². The maximum atomic E-state index is 11.3. The van der Waals surface area contributed by atoms with Crippen LogP contribution in [0.1, 0.15) is 47.0 Å². The molecule has 1 atom stereocenters. The van der Waals surface area contributed by atoms with Gasteiger partial charge in [0.2, 0.25) is 0 Å². The summed E-state index contributed by atoms with van der Waals surface area (Å²) < 4.78 is 0. The summed E-state index contributed by atoms with van der Waals surface area (Å²) in [5.41, 5.74) is 5.41. The third-order valence-corrected chi connectivity index (χ3v) is 2.04. The molecular weight excluding hydrogens is 176 g/mol. The molecule has 0 aromatic carbocycles. The predicted molar refractivity (Wildman–Crippen MR) is 60.3 cm³/mol. The first kappa shape index (κ1) is 13.6. The second-order valence-electron chi connectivity index (χ2n) is 4.84. The number of nitrogens with one attached hydrogen (secondary N) is 1. The van der Waals surface area contributed by atoms with E-state index in [1.807, 2.05) is 0 Å². The maximum absolute atomic E-state index is 11.3. The summed E-state index contributed by atoms with van der Waals surface area (Å²) in [6, 6.07) is -0.0125. The van der Waals surface area contributed by atoms with Crippen molar-refractivity contribution in [1.82, 2.24) is 5.32 Å². The van der Waals surface area contributed by atoms with E-state index in [0.29, 0.717) is 6.54 Å². The highest BCUT2D eigenvalue weighted by Gasteiger charge is 2.19. The summed E-state index contributed by atoms with van der Waals surface area (Å²) in [5, 5.41) is 3.32. The van der Waals surface area contributed by atoms with Crippen LogP contribution in [0.3, 0.4) is 0 Å². The molecule has 0 saturated carbocycles. The van der Waals surface area contributed by atoms with Crippen molar-refractivity contribution in [2.45, 2.75) is 58.5 Å². The second kappa shape index (κ2) is 6.14. The molecule has 0 heterocycles. The van der Waals surface area contributed by atoms with Gasteiger partial charge in [-0.25, -0.2) is 0 Å². The van der Waals surface area contributed by atoms with Gasteiger partial charge in [-0.3, -0.25) is 4.79 Å². The molecule has 0 amide bonds. The van der Waals surface area contributed by atoms with E-state index >= 15 is 0 Å². The average molecular weight is 200 g/mol. The molecule has 14 heavy (non-hydrogen) atoms. The number of carbonyl (C=O) groups excluding carboxylic acids is 1. The van der Waals surface area contributed by atoms with E-state index < -0.39 is 0 Å². The molecule has 0 aromatic heterocycles. The van der Waals surface area contributed by atoms with E-state index in [2.05, 4.69) is 26.1 Å².